The number of nitrogens with one attached hydrogen (secondary N) is 1. The predicted molar refractivity (Wildman–Crippen MR) is 88.7 cm³/mol. The van der Waals surface area contributed by atoms with Crippen LogP contribution in [0.15, 0.2) is 36.7 Å². The number of fused-ring (bicyclic) bond motifs is 3. The summed E-state index contributed by atoms with van der Waals surface area (Å²) < 4.78 is 13.2. The van der Waals surface area contributed by atoms with Gasteiger partial charge in [-0.1, -0.05) is 6.07 Å². The quantitative estimate of drug-likeness (QED) is 0.769. The minimum atomic E-state index is 0.163. The van der Waals surface area contributed by atoms with E-state index in [9.17, 15) is 0 Å². The van der Waals surface area contributed by atoms with Crippen molar-refractivity contribution in [1.29, 1.82) is 0 Å². The van der Waals surface area contributed by atoms with Crippen molar-refractivity contribution in [2.24, 2.45) is 0 Å². The van der Waals surface area contributed by atoms with Gasteiger partial charge in [-0.3, -0.25) is 0 Å². The van der Waals surface area contributed by atoms with Gasteiger partial charge in [0.2, 0.25) is 5.88 Å². The number of imidazole rings is 1. The number of rotatable bonds is 5. The summed E-state index contributed by atoms with van der Waals surface area (Å²) in [6, 6.07) is 7.98. The lowest BCUT2D eigenvalue weighted by Crippen LogP contribution is -2.32. The second kappa shape index (κ2) is 6.54. The van der Waals surface area contributed by atoms with Gasteiger partial charge in [0, 0.05) is 31.0 Å². The summed E-state index contributed by atoms with van der Waals surface area (Å²) in [5, 5.41) is 3.47. The Bertz CT molecular complexity index is 848. The van der Waals surface area contributed by atoms with E-state index in [1.807, 2.05) is 24.3 Å². The normalized spacial score (nSPS) is 17.0. The molecule has 0 amide bonds. The van der Waals surface area contributed by atoms with Crippen molar-refractivity contribution in [1.82, 2.24) is 24.8 Å². The standard InChI is InChI=1S/C17H19N5O2/c1-23-17-12(4-2-7-20-17)8-18-9-13-10-24-11-15-21-14-5-3-6-19-16(14)22(13)15/h2-7,13,18H,8-11H2,1H3/t13-/m0/s1. The third-order valence-electron chi connectivity index (χ3n) is 4.17. The van der Waals surface area contributed by atoms with Gasteiger partial charge in [-0.2, -0.15) is 0 Å². The zero-order valence-electron chi connectivity index (χ0n) is 13.5. The molecule has 1 aliphatic rings. The molecule has 0 saturated heterocycles. The maximum Gasteiger partial charge on any atom is 0.217 e. The molecule has 0 unspecified atom stereocenters. The van der Waals surface area contributed by atoms with Gasteiger partial charge in [0.25, 0.3) is 0 Å². The van der Waals surface area contributed by atoms with E-state index in [0.29, 0.717) is 25.6 Å². The average Bonchev–Trinajstić information content (AvgIpc) is 3.01. The van der Waals surface area contributed by atoms with Gasteiger partial charge >= 0.3 is 0 Å². The van der Waals surface area contributed by atoms with E-state index < -0.39 is 0 Å². The van der Waals surface area contributed by atoms with Crippen LogP contribution in [-0.2, 0) is 17.9 Å². The zero-order valence-corrected chi connectivity index (χ0v) is 13.5. The van der Waals surface area contributed by atoms with Crippen LogP contribution in [0.3, 0.4) is 0 Å². The van der Waals surface area contributed by atoms with Crippen LogP contribution in [-0.4, -0.2) is 39.8 Å². The highest BCUT2D eigenvalue weighted by molar-refractivity contribution is 5.71. The lowest BCUT2D eigenvalue weighted by atomic mass is 10.2. The first-order valence-corrected chi connectivity index (χ1v) is 7.95. The molecule has 3 aromatic rings. The molecule has 0 bridgehead atoms. The lowest BCUT2D eigenvalue weighted by molar-refractivity contribution is 0.0561. The monoisotopic (exact) mass is 325 g/mol. The molecule has 4 heterocycles. The van der Waals surface area contributed by atoms with Crippen LogP contribution in [0.1, 0.15) is 17.4 Å². The number of hydrogen-bond donors (Lipinski definition) is 1. The van der Waals surface area contributed by atoms with Gasteiger partial charge in [0.15, 0.2) is 5.65 Å². The van der Waals surface area contributed by atoms with E-state index in [1.165, 1.54) is 0 Å². The summed E-state index contributed by atoms with van der Waals surface area (Å²) in [7, 11) is 1.64. The fourth-order valence-electron chi connectivity index (χ4n) is 3.09. The molecule has 1 N–H and O–H groups in total. The lowest BCUT2D eigenvalue weighted by Gasteiger charge is -2.26. The maximum absolute atomic E-state index is 5.70. The fraction of sp³-hybridized carbons (Fsp3) is 0.353. The van der Waals surface area contributed by atoms with Gasteiger partial charge in [-0.25, -0.2) is 15.0 Å². The van der Waals surface area contributed by atoms with E-state index in [2.05, 4.69) is 24.8 Å². The van der Waals surface area contributed by atoms with Gasteiger partial charge in [0.1, 0.15) is 17.9 Å². The first-order chi connectivity index (χ1) is 11.9. The summed E-state index contributed by atoms with van der Waals surface area (Å²) in [5.74, 6) is 1.58. The summed E-state index contributed by atoms with van der Waals surface area (Å²) in [6.45, 7) is 2.62. The molecule has 3 aromatic heterocycles. The second-order valence-corrected chi connectivity index (χ2v) is 5.72. The van der Waals surface area contributed by atoms with Crippen LogP contribution in [0.25, 0.3) is 11.2 Å². The van der Waals surface area contributed by atoms with Crippen LogP contribution in [0.4, 0.5) is 0 Å². The highest BCUT2D eigenvalue weighted by Crippen LogP contribution is 2.24. The van der Waals surface area contributed by atoms with E-state index in [4.69, 9.17) is 9.47 Å². The van der Waals surface area contributed by atoms with Crippen LogP contribution in [0.5, 0.6) is 5.88 Å². The molecular formula is C17H19N5O2. The molecule has 0 spiro atoms. The molecule has 7 nitrogen and oxygen atoms in total. The Labute approximate surface area is 139 Å². The molecule has 0 saturated carbocycles. The van der Waals surface area contributed by atoms with E-state index in [-0.39, 0.29) is 6.04 Å². The molecule has 0 radical (unpaired) electrons. The Balaban J connectivity index is 1.51. The van der Waals surface area contributed by atoms with Crippen molar-refractivity contribution in [2.45, 2.75) is 19.2 Å². The highest BCUT2D eigenvalue weighted by Gasteiger charge is 2.24. The summed E-state index contributed by atoms with van der Waals surface area (Å²) in [5.41, 5.74) is 2.86. The molecule has 124 valence electrons. The summed E-state index contributed by atoms with van der Waals surface area (Å²) in [4.78, 5) is 13.3. The topological polar surface area (TPSA) is 74.1 Å². The molecule has 4 rings (SSSR count). The third kappa shape index (κ3) is 2.72. The van der Waals surface area contributed by atoms with Crippen molar-refractivity contribution in [3.05, 3.63) is 48.0 Å². The van der Waals surface area contributed by atoms with Gasteiger partial charge in [0.05, 0.1) is 19.8 Å². The Hall–Kier alpha value is -2.51. The number of methoxy groups -OCH3 is 1. The van der Waals surface area contributed by atoms with Crippen molar-refractivity contribution in [3.63, 3.8) is 0 Å². The number of nitrogens with zero attached hydrogens (tertiary/aromatic N) is 4. The molecule has 0 aromatic carbocycles. The van der Waals surface area contributed by atoms with Crippen LogP contribution in [0, 0.1) is 0 Å². The predicted octanol–water partition coefficient (Wildman–Crippen LogP) is 1.70. The fourth-order valence-corrected chi connectivity index (χ4v) is 3.09. The molecule has 0 aliphatic carbocycles. The molecule has 24 heavy (non-hydrogen) atoms. The van der Waals surface area contributed by atoms with Gasteiger partial charge in [-0.15, -0.1) is 0 Å². The smallest absolute Gasteiger partial charge is 0.217 e. The van der Waals surface area contributed by atoms with Crippen molar-refractivity contribution < 1.29 is 9.47 Å². The summed E-state index contributed by atoms with van der Waals surface area (Å²) >= 11 is 0. The van der Waals surface area contributed by atoms with Crippen molar-refractivity contribution in [3.8, 4) is 5.88 Å². The Morgan fingerprint density at radius 3 is 3.08 bits per heavy atom. The second-order valence-electron chi connectivity index (χ2n) is 5.72. The minimum absolute atomic E-state index is 0.163. The summed E-state index contributed by atoms with van der Waals surface area (Å²) in [6.07, 6.45) is 3.53. The first kappa shape index (κ1) is 15.0. The zero-order chi connectivity index (χ0) is 16.4. The third-order valence-corrected chi connectivity index (χ3v) is 4.17. The van der Waals surface area contributed by atoms with Crippen molar-refractivity contribution >= 4 is 11.2 Å². The average molecular weight is 325 g/mol. The SMILES string of the molecule is COc1ncccc1CNC[C@H]1COCc2nc3cccnc3n21. The number of aromatic nitrogens is 4. The first-order valence-electron chi connectivity index (χ1n) is 7.95. The molecule has 7 heteroatoms. The van der Waals surface area contributed by atoms with Crippen LogP contribution < -0.4 is 10.1 Å². The van der Waals surface area contributed by atoms with E-state index in [0.717, 1.165) is 29.1 Å². The Morgan fingerprint density at radius 2 is 2.17 bits per heavy atom. The highest BCUT2D eigenvalue weighted by atomic mass is 16.5. The van der Waals surface area contributed by atoms with E-state index >= 15 is 0 Å². The Morgan fingerprint density at radius 1 is 1.29 bits per heavy atom. The van der Waals surface area contributed by atoms with Crippen LogP contribution >= 0.6 is 0 Å². The molecule has 1 aliphatic heterocycles. The molecule has 1 atom stereocenters. The number of pyridine rings is 2. The van der Waals surface area contributed by atoms with Gasteiger partial charge < -0.3 is 19.4 Å². The van der Waals surface area contributed by atoms with Gasteiger partial charge in [-0.05, 0) is 18.2 Å². The number of ether oxygens (including phenoxy) is 2. The maximum atomic E-state index is 5.70. The largest absolute Gasteiger partial charge is 0.481 e. The van der Waals surface area contributed by atoms with Crippen molar-refractivity contribution in [2.75, 3.05) is 20.3 Å². The van der Waals surface area contributed by atoms with E-state index in [1.54, 1.807) is 19.5 Å². The van der Waals surface area contributed by atoms with Crippen LogP contribution in [0.2, 0.25) is 0 Å². The number of hydrogen-bond acceptors (Lipinski definition) is 6. The minimum Gasteiger partial charge on any atom is -0.481 e. The Kier molecular flexibility index (Phi) is 4.10. The molecule has 0 fully saturated rings. The molecular weight excluding hydrogens is 306 g/mol.